The highest BCUT2D eigenvalue weighted by molar-refractivity contribution is 7.18. The number of fused-ring (bicyclic) bond motifs is 1. The maximum absolute atomic E-state index is 10.9. The van der Waals surface area contributed by atoms with Gasteiger partial charge in [-0.15, -0.1) is 10.2 Å². The molecule has 0 radical (unpaired) electrons. The van der Waals surface area contributed by atoms with Gasteiger partial charge in [-0.2, -0.15) is 0 Å². The van der Waals surface area contributed by atoms with Crippen LogP contribution in [-0.2, 0) is 0 Å². The Labute approximate surface area is 153 Å². The molecule has 9 nitrogen and oxygen atoms in total. The van der Waals surface area contributed by atoms with Crippen molar-refractivity contribution in [2.75, 3.05) is 5.43 Å². The highest BCUT2D eigenvalue weighted by Gasteiger charge is 2.22. The number of hydrogen-bond acceptors (Lipinski definition) is 8. The first kappa shape index (κ1) is 16.6. The molecule has 2 aromatic heterocycles. The zero-order chi connectivity index (χ0) is 18.1. The summed E-state index contributed by atoms with van der Waals surface area (Å²) in [4.78, 5) is 11.2. The average molecular weight is 373 g/mol. The van der Waals surface area contributed by atoms with Crippen LogP contribution in [0.2, 0.25) is 0 Å². The van der Waals surface area contributed by atoms with Gasteiger partial charge in [0.25, 0.3) is 0 Å². The Balaban J connectivity index is 1.58. The SMILES string of the molecule is NC1=Cc2nnc(-c3ccc([N+](=O)[O-])s3)n2NC1=CNC1CCCCC1. The lowest BCUT2D eigenvalue weighted by atomic mass is 9.96. The highest BCUT2D eigenvalue weighted by atomic mass is 32.1. The van der Waals surface area contributed by atoms with Crippen LogP contribution in [0.25, 0.3) is 16.8 Å². The molecule has 1 saturated carbocycles. The summed E-state index contributed by atoms with van der Waals surface area (Å²) in [5.74, 6) is 1.08. The van der Waals surface area contributed by atoms with Crippen LogP contribution in [0, 0.1) is 10.1 Å². The second kappa shape index (κ2) is 6.79. The molecule has 4 N–H and O–H groups in total. The fourth-order valence-corrected chi connectivity index (χ4v) is 3.99. The van der Waals surface area contributed by atoms with Gasteiger partial charge >= 0.3 is 5.00 Å². The molecule has 0 bridgehead atoms. The van der Waals surface area contributed by atoms with Gasteiger partial charge in [0.15, 0.2) is 11.6 Å². The first-order chi connectivity index (χ1) is 12.6. The summed E-state index contributed by atoms with van der Waals surface area (Å²) >= 11 is 1.06. The van der Waals surface area contributed by atoms with Crippen molar-refractivity contribution < 1.29 is 4.92 Å². The summed E-state index contributed by atoms with van der Waals surface area (Å²) in [6, 6.07) is 3.61. The van der Waals surface area contributed by atoms with Gasteiger partial charge < -0.3 is 11.1 Å². The van der Waals surface area contributed by atoms with Crippen LogP contribution in [-0.4, -0.2) is 25.8 Å². The molecule has 0 saturated heterocycles. The third kappa shape index (κ3) is 3.15. The number of nitrogens with zero attached hydrogens (tertiary/aromatic N) is 4. The molecule has 0 unspecified atom stereocenters. The van der Waals surface area contributed by atoms with Gasteiger partial charge in [0.2, 0.25) is 0 Å². The summed E-state index contributed by atoms with van der Waals surface area (Å²) in [5, 5.41) is 22.7. The lowest BCUT2D eigenvalue weighted by Gasteiger charge is -2.24. The van der Waals surface area contributed by atoms with Gasteiger partial charge in [0, 0.05) is 24.4 Å². The molecule has 0 spiro atoms. The molecule has 2 aromatic rings. The van der Waals surface area contributed by atoms with Crippen LogP contribution < -0.4 is 16.5 Å². The molecular weight excluding hydrogens is 354 g/mol. The van der Waals surface area contributed by atoms with E-state index in [1.165, 1.54) is 25.3 Å². The van der Waals surface area contributed by atoms with E-state index in [4.69, 9.17) is 5.73 Å². The molecule has 26 heavy (non-hydrogen) atoms. The van der Waals surface area contributed by atoms with Gasteiger partial charge in [-0.3, -0.25) is 15.5 Å². The fourth-order valence-electron chi connectivity index (χ4n) is 3.19. The minimum absolute atomic E-state index is 0.0675. The standard InChI is InChI=1S/C16H19N7O2S/c17-11-8-14-19-20-16(13-6-7-15(26-13)23(24)25)22(14)21-12(11)9-18-10-4-2-1-3-5-10/h6-10,18,21H,1-5,17H2. The van der Waals surface area contributed by atoms with E-state index in [1.807, 2.05) is 6.20 Å². The Bertz CT molecular complexity index is 892. The predicted molar refractivity (Wildman–Crippen MR) is 99.6 cm³/mol. The molecule has 136 valence electrons. The van der Waals surface area contributed by atoms with Crippen molar-refractivity contribution in [2.45, 2.75) is 38.1 Å². The third-order valence-electron chi connectivity index (χ3n) is 4.58. The largest absolute Gasteiger partial charge is 0.397 e. The average Bonchev–Trinajstić information content (AvgIpc) is 3.27. The van der Waals surface area contributed by atoms with E-state index in [9.17, 15) is 10.1 Å². The van der Waals surface area contributed by atoms with Gasteiger partial charge in [-0.05, 0) is 18.9 Å². The molecule has 0 amide bonds. The van der Waals surface area contributed by atoms with Crippen molar-refractivity contribution in [3.05, 3.63) is 45.7 Å². The maximum Gasteiger partial charge on any atom is 0.324 e. The van der Waals surface area contributed by atoms with Crippen molar-refractivity contribution in [2.24, 2.45) is 5.73 Å². The highest BCUT2D eigenvalue weighted by Crippen LogP contribution is 2.32. The van der Waals surface area contributed by atoms with Crippen LogP contribution in [0.5, 0.6) is 0 Å². The number of thiophene rings is 1. The molecule has 3 heterocycles. The lowest BCUT2D eigenvalue weighted by Crippen LogP contribution is -2.31. The first-order valence-electron chi connectivity index (χ1n) is 8.52. The summed E-state index contributed by atoms with van der Waals surface area (Å²) in [5.41, 5.74) is 10.6. The number of hydrogen-bond donors (Lipinski definition) is 3. The summed E-state index contributed by atoms with van der Waals surface area (Å²) in [6.07, 6.45) is 9.75. The number of aromatic nitrogens is 3. The molecule has 10 heteroatoms. The van der Waals surface area contributed by atoms with Crippen molar-refractivity contribution in [1.82, 2.24) is 20.2 Å². The second-order valence-electron chi connectivity index (χ2n) is 6.38. The molecular formula is C16H19N7O2S. The zero-order valence-electron chi connectivity index (χ0n) is 14.0. The third-order valence-corrected chi connectivity index (χ3v) is 5.61. The monoisotopic (exact) mass is 373 g/mol. The first-order valence-corrected chi connectivity index (χ1v) is 9.34. The number of nitrogens with two attached hydrogens (primary N) is 1. The second-order valence-corrected chi connectivity index (χ2v) is 7.45. The van der Waals surface area contributed by atoms with Gasteiger partial charge in [0.1, 0.15) is 0 Å². The Morgan fingerprint density at radius 1 is 1.35 bits per heavy atom. The van der Waals surface area contributed by atoms with E-state index in [2.05, 4.69) is 20.9 Å². The van der Waals surface area contributed by atoms with Crippen LogP contribution in [0.1, 0.15) is 37.9 Å². The molecule has 1 fully saturated rings. The lowest BCUT2D eigenvalue weighted by molar-refractivity contribution is -0.380. The maximum atomic E-state index is 10.9. The van der Waals surface area contributed by atoms with E-state index in [0.29, 0.717) is 28.3 Å². The Morgan fingerprint density at radius 2 is 2.15 bits per heavy atom. The van der Waals surface area contributed by atoms with Crippen LogP contribution >= 0.6 is 11.3 Å². The topological polar surface area (TPSA) is 124 Å². The number of rotatable bonds is 4. The Morgan fingerprint density at radius 3 is 2.88 bits per heavy atom. The summed E-state index contributed by atoms with van der Waals surface area (Å²) in [7, 11) is 0. The number of nitrogens with one attached hydrogen (secondary N) is 2. The van der Waals surface area contributed by atoms with Crippen LogP contribution in [0.3, 0.4) is 0 Å². The smallest absolute Gasteiger partial charge is 0.324 e. The van der Waals surface area contributed by atoms with E-state index in [0.717, 1.165) is 29.9 Å². The Hall–Kier alpha value is -2.88. The van der Waals surface area contributed by atoms with Crippen LogP contribution in [0.4, 0.5) is 5.00 Å². The molecule has 0 aromatic carbocycles. The van der Waals surface area contributed by atoms with E-state index in [-0.39, 0.29) is 5.00 Å². The molecule has 0 atom stereocenters. The summed E-state index contributed by atoms with van der Waals surface area (Å²) < 4.78 is 1.69. The van der Waals surface area contributed by atoms with Gasteiger partial charge in [0.05, 0.1) is 21.2 Å². The van der Waals surface area contributed by atoms with Crippen molar-refractivity contribution in [1.29, 1.82) is 0 Å². The fraction of sp³-hybridized carbons (Fsp3) is 0.375. The quantitative estimate of drug-likeness (QED) is 0.555. The van der Waals surface area contributed by atoms with E-state index >= 15 is 0 Å². The normalized spacial score (nSPS) is 18.9. The van der Waals surface area contributed by atoms with Crippen molar-refractivity contribution in [3.8, 4) is 10.7 Å². The van der Waals surface area contributed by atoms with E-state index in [1.54, 1.807) is 16.8 Å². The van der Waals surface area contributed by atoms with Gasteiger partial charge in [-0.25, -0.2) is 4.68 Å². The van der Waals surface area contributed by atoms with Crippen LogP contribution in [0.15, 0.2) is 29.7 Å². The zero-order valence-corrected chi connectivity index (χ0v) is 14.8. The predicted octanol–water partition coefficient (Wildman–Crippen LogP) is 2.54. The van der Waals surface area contributed by atoms with E-state index < -0.39 is 4.92 Å². The number of nitro groups is 1. The van der Waals surface area contributed by atoms with Crippen molar-refractivity contribution >= 4 is 22.4 Å². The molecule has 2 aliphatic rings. The van der Waals surface area contributed by atoms with Gasteiger partial charge in [-0.1, -0.05) is 30.6 Å². The Kier molecular flexibility index (Phi) is 4.33. The molecule has 1 aliphatic heterocycles. The minimum atomic E-state index is -0.410. The summed E-state index contributed by atoms with van der Waals surface area (Å²) in [6.45, 7) is 0. The van der Waals surface area contributed by atoms with Crippen molar-refractivity contribution in [3.63, 3.8) is 0 Å². The molecule has 4 rings (SSSR count). The molecule has 1 aliphatic carbocycles. The minimum Gasteiger partial charge on any atom is -0.397 e.